The number of hydrogen-bond acceptors (Lipinski definition) is 2. The van der Waals surface area contributed by atoms with Crippen molar-refractivity contribution in [2.45, 2.75) is 0 Å². The van der Waals surface area contributed by atoms with Crippen molar-refractivity contribution in [1.82, 2.24) is 0 Å². The van der Waals surface area contributed by atoms with Crippen LogP contribution in [0.5, 0.6) is 0 Å². The summed E-state index contributed by atoms with van der Waals surface area (Å²) < 4.78 is 0. The Morgan fingerprint density at radius 2 is 1.19 bits per heavy atom. The SMILES string of the molecule is N#CC(C#N)=Cc1ccccc1C#C[SiH]1C=C(c2ccccc2)C(c2ccccc2)=C1. The highest BCUT2D eigenvalue weighted by Crippen LogP contribution is 2.35. The first-order chi connectivity index (χ1) is 15.3. The van der Waals surface area contributed by atoms with E-state index in [-0.39, 0.29) is 5.57 Å². The van der Waals surface area contributed by atoms with E-state index in [2.05, 4.69) is 71.4 Å². The molecule has 0 saturated heterocycles. The van der Waals surface area contributed by atoms with Crippen molar-refractivity contribution in [2.24, 2.45) is 0 Å². The smallest absolute Gasteiger partial charge is 0.171 e. The molecule has 1 aliphatic rings. The van der Waals surface area contributed by atoms with Crippen LogP contribution < -0.4 is 0 Å². The third-order valence-corrected chi connectivity index (χ3v) is 6.89. The topological polar surface area (TPSA) is 47.6 Å². The average Bonchev–Trinajstić information content (AvgIpc) is 3.27. The minimum absolute atomic E-state index is 0.0740. The third kappa shape index (κ3) is 4.63. The third-order valence-electron chi connectivity index (χ3n) is 5.03. The molecule has 0 bridgehead atoms. The van der Waals surface area contributed by atoms with Crippen molar-refractivity contribution in [3.8, 4) is 23.6 Å². The first kappa shape index (κ1) is 19.9. The lowest BCUT2D eigenvalue weighted by Crippen LogP contribution is -1.99. The van der Waals surface area contributed by atoms with Gasteiger partial charge in [0.2, 0.25) is 0 Å². The molecule has 0 atom stereocenters. The molecule has 144 valence electrons. The van der Waals surface area contributed by atoms with Crippen LogP contribution >= 0.6 is 0 Å². The maximum absolute atomic E-state index is 9.07. The minimum atomic E-state index is -1.61. The summed E-state index contributed by atoms with van der Waals surface area (Å²) in [5, 5.41) is 18.1. The second-order valence-electron chi connectivity index (χ2n) is 7.06. The molecular weight excluding hydrogens is 392 g/mol. The summed E-state index contributed by atoms with van der Waals surface area (Å²) in [6, 6.07) is 32.3. The van der Waals surface area contributed by atoms with Gasteiger partial charge in [-0.2, -0.15) is 10.5 Å². The zero-order chi connectivity index (χ0) is 21.5. The average molecular weight is 411 g/mol. The zero-order valence-electron chi connectivity index (χ0n) is 16.8. The Morgan fingerprint density at radius 1 is 0.677 bits per heavy atom. The molecular formula is C28H18N2Si. The number of rotatable bonds is 3. The Hall–Kier alpha value is -4.36. The number of hydrogen-bond donors (Lipinski definition) is 0. The molecule has 3 heteroatoms. The molecule has 0 saturated carbocycles. The van der Waals surface area contributed by atoms with Crippen LogP contribution in [0.3, 0.4) is 0 Å². The summed E-state index contributed by atoms with van der Waals surface area (Å²) >= 11 is 0. The molecule has 0 aliphatic carbocycles. The number of benzene rings is 3. The van der Waals surface area contributed by atoms with Crippen molar-refractivity contribution < 1.29 is 0 Å². The summed E-state index contributed by atoms with van der Waals surface area (Å²) in [5.41, 5.74) is 14.7. The van der Waals surface area contributed by atoms with Crippen LogP contribution in [0.15, 0.2) is 102 Å². The van der Waals surface area contributed by atoms with Crippen molar-refractivity contribution >= 4 is 26.0 Å². The Bertz CT molecular complexity index is 1270. The van der Waals surface area contributed by atoms with Gasteiger partial charge in [0.25, 0.3) is 0 Å². The molecule has 0 spiro atoms. The van der Waals surface area contributed by atoms with Crippen LogP contribution in [-0.4, -0.2) is 8.80 Å². The molecule has 0 amide bonds. The predicted molar refractivity (Wildman–Crippen MR) is 129 cm³/mol. The summed E-state index contributed by atoms with van der Waals surface area (Å²) in [5.74, 6) is 3.31. The van der Waals surface area contributed by atoms with Crippen molar-refractivity contribution in [2.75, 3.05) is 0 Å². The molecule has 0 unspecified atom stereocenters. The van der Waals surface area contributed by atoms with Gasteiger partial charge in [-0.15, -0.1) is 5.54 Å². The van der Waals surface area contributed by atoms with E-state index in [1.807, 2.05) is 48.5 Å². The summed E-state index contributed by atoms with van der Waals surface area (Å²) in [6.45, 7) is 0. The van der Waals surface area contributed by atoms with Gasteiger partial charge in [-0.05, 0) is 40.0 Å². The quantitative estimate of drug-likeness (QED) is 0.325. The molecule has 2 nitrogen and oxygen atoms in total. The van der Waals surface area contributed by atoms with Gasteiger partial charge in [0.05, 0.1) is 0 Å². The van der Waals surface area contributed by atoms with Crippen molar-refractivity contribution in [3.05, 3.63) is 124 Å². The first-order valence-corrected chi connectivity index (χ1v) is 11.9. The summed E-state index contributed by atoms with van der Waals surface area (Å²) in [7, 11) is -1.61. The van der Waals surface area contributed by atoms with Crippen LogP contribution in [0.4, 0.5) is 0 Å². The number of allylic oxidation sites excluding steroid dienone is 3. The van der Waals surface area contributed by atoms with Crippen molar-refractivity contribution in [3.63, 3.8) is 0 Å². The maximum Gasteiger partial charge on any atom is 0.171 e. The lowest BCUT2D eigenvalue weighted by atomic mass is 9.95. The molecule has 3 aromatic carbocycles. The molecule has 1 aliphatic heterocycles. The number of nitrogens with zero attached hydrogens (tertiary/aromatic N) is 2. The Labute approximate surface area is 184 Å². The highest BCUT2D eigenvalue weighted by atomic mass is 28.3. The van der Waals surface area contributed by atoms with Gasteiger partial charge in [0.1, 0.15) is 17.7 Å². The Balaban J connectivity index is 1.73. The predicted octanol–water partition coefficient (Wildman–Crippen LogP) is 5.49. The van der Waals surface area contributed by atoms with Gasteiger partial charge < -0.3 is 0 Å². The first-order valence-electron chi connectivity index (χ1n) is 9.96. The fraction of sp³-hybridized carbons (Fsp3) is 0. The fourth-order valence-electron chi connectivity index (χ4n) is 3.55. The molecule has 0 fully saturated rings. The number of nitriles is 2. The highest BCUT2D eigenvalue weighted by molar-refractivity contribution is 6.81. The molecule has 31 heavy (non-hydrogen) atoms. The lowest BCUT2D eigenvalue weighted by Gasteiger charge is -2.09. The van der Waals surface area contributed by atoms with Crippen molar-refractivity contribution in [1.29, 1.82) is 10.5 Å². The van der Waals surface area contributed by atoms with Crippen LogP contribution in [0.2, 0.25) is 0 Å². The van der Waals surface area contributed by atoms with Gasteiger partial charge >= 0.3 is 0 Å². The van der Waals surface area contributed by atoms with E-state index in [9.17, 15) is 0 Å². The Morgan fingerprint density at radius 3 is 1.74 bits per heavy atom. The van der Waals surface area contributed by atoms with Crippen LogP contribution in [0, 0.1) is 34.1 Å². The van der Waals surface area contributed by atoms with E-state index < -0.39 is 8.80 Å². The van der Waals surface area contributed by atoms with Crippen LogP contribution in [0.25, 0.3) is 17.2 Å². The van der Waals surface area contributed by atoms with Gasteiger partial charge in [0, 0.05) is 5.56 Å². The van der Waals surface area contributed by atoms with E-state index in [1.54, 1.807) is 6.08 Å². The van der Waals surface area contributed by atoms with Gasteiger partial charge in [-0.25, -0.2) is 0 Å². The molecule has 3 aromatic rings. The van der Waals surface area contributed by atoms with E-state index >= 15 is 0 Å². The van der Waals surface area contributed by atoms with Crippen LogP contribution in [-0.2, 0) is 0 Å². The van der Waals surface area contributed by atoms with Crippen LogP contribution in [0.1, 0.15) is 22.3 Å². The standard InChI is InChI=1S/C28H18N2Si/c29-18-22(19-30)17-26-14-8-7-9-23(26)15-16-31-20-27(24-10-3-1-4-11-24)28(21-31)25-12-5-2-6-13-25/h1-14,17,20-21,31H. The van der Waals surface area contributed by atoms with Gasteiger partial charge in [0.15, 0.2) is 8.80 Å². The molecule has 0 aromatic heterocycles. The summed E-state index contributed by atoms with van der Waals surface area (Å²) in [4.78, 5) is 0. The Kier molecular flexibility index (Phi) is 6.06. The second kappa shape index (κ2) is 9.42. The maximum atomic E-state index is 9.07. The summed E-state index contributed by atoms with van der Waals surface area (Å²) in [6.07, 6.45) is 1.59. The monoisotopic (exact) mass is 410 g/mol. The highest BCUT2D eigenvalue weighted by Gasteiger charge is 2.20. The van der Waals surface area contributed by atoms with E-state index in [0.29, 0.717) is 0 Å². The van der Waals surface area contributed by atoms with Gasteiger partial charge in [-0.3, -0.25) is 0 Å². The molecule has 4 rings (SSSR count). The second-order valence-corrected chi connectivity index (χ2v) is 9.06. The fourth-order valence-corrected chi connectivity index (χ4v) is 5.60. The van der Waals surface area contributed by atoms with E-state index in [4.69, 9.17) is 10.5 Å². The molecule has 0 radical (unpaired) electrons. The largest absolute Gasteiger partial charge is 0.192 e. The van der Waals surface area contributed by atoms with E-state index in [0.717, 1.165) is 11.1 Å². The zero-order valence-corrected chi connectivity index (χ0v) is 17.9. The lowest BCUT2D eigenvalue weighted by molar-refractivity contribution is 1.47. The van der Waals surface area contributed by atoms with Gasteiger partial charge in [-0.1, -0.05) is 96.2 Å². The van der Waals surface area contributed by atoms with E-state index in [1.165, 1.54) is 22.3 Å². The molecule has 0 N–H and O–H groups in total. The molecule has 1 heterocycles. The minimum Gasteiger partial charge on any atom is -0.192 e. The normalized spacial score (nSPS) is 12.5.